The molecule has 148 valence electrons. The standard InChI is InChI=1S/C20H17N3O5S/c24-19-13-23(18-6-2-1-5-17(18)22-19)20(25)14-7-9-16(10-8-14)29(26,27)21-12-15-4-3-11-28-15/h1-11,21H,12-13H2,(H,22,24). The molecular formula is C20H17N3O5S. The number of fused-ring (bicyclic) bond motifs is 1. The van der Waals surface area contributed by atoms with Crippen molar-refractivity contribution >= 4 is 33.2 Å². The van der Waals surface area contributed by atoms with Gasteiger partial charge in [0.15, 0.2) is 0 Å². The third-order valence-electron chi connectivity index (χ3n) is 4.44. The number of hydrogen-bond donors (Lipinski definition) is 2. The van der Waals surface area contributed by atoms with Crippen molar-refractivity contribution in [3.63, 3.8) is 0 Å². The normalized spacial score (nSPS) is 13.7. The second kappa shape index (κ2) is 7.53. The molecule has 8 nitrogen and oxygen atoms in total. The van der Waals surface area contributed by atoms with Crippen molar-refractivity contribution in [1.82, 2.24) is 4.72 Å². The Morgan fingerprint density at radius 1 is 1.07 bits per heavy atom. The predicted octanol–water partition coefficient (Wildman–Crippen LogP) is 2.36. The molecule has 4 rings (SSSR count). The molecule has 0 saturated carbocycles. The largest absolute Gasteiger partial charge is 0.468 e. The molecule has 1 aromatic heterocycles. The fraction of sp³-hybridized carbons (Fsp3) is 0.100. The summed E-state index contributed by atoms with van der Waals surface area (Å²) in [6, 6.07) is 15.9. The average molecular weight is 411 g/mol. The van der Waals surface area contributed by atoms with Crippen molar-refractivity contribution in [1.29, 1.82) is 0 Å². The number of rotatable bonds is 5. The number of furan rings is 1. The molecule has 2 heterocycles. The van der Waals surface area contributed by atoms with Gasteiger partial charge in [-0.2, -0.15) is 0 Å². The van der Waals surface area contributed by atoms with Crippen LogP contribution in [0.3, 0.4) is 0 Å². The molecule has 1 aliphatic rings. The number of carbonyl (C=O) groups is 2. The molecule has 3 aromatic rings. The second-order valence-corrected chi connectivity index (χ2v) is 8.15. The van der Waals surface area contributed by atoms with Gasteiger partial charge in [0, 0.05) is 5.56 Å². The van der Waals surface area contributed by atoms with Crippen LogP contribution in [-0.2, 0) is 21.4 Å². The predicted molar refractivity (Wildman–Crippen MR) is 106 cm³/mol. The lowest BCUT2D eigenvalue weighted by Crippen LogP contribution is -2.42. The van der Waals surface area contributed by atoms with E-state index in [4.69, 9.17) is 4.42 Å². The molecule has 1 aliphatic heterocycles. The van der Waals surface area contributed by atoms with E-state index in [0.717, 1.165) is 0 Å². The Morgan fingerprint density at radius 2 is 1.83 bits per heavy atom. The molecule has 0 spiro atoms. The molecule has 0 saturated heterocycles. The minimum atomic E-state index is -3.76. The lowest BCUT2D eigenvalue weighted by Gasteiger charge is -2.29. The summed E-state index contributed by atoms with van der Waals surface area (Å²) in [6.45, 7) is -0.0870. The molecular weight excluding hydrogens is 394 g/mol. The Labute approximate surface area is 167 Å². The van der Waals surface area contributed by atoms with Gasteiger partial charge in [0.2, 0.25) is 15.9 Å². The van der Waals surface area contributed by atoms with Crippen molar-refractivity contribution in [2.75, 3.05) is 16.8 Å². The third-order valence-corrected chi connectivity index (χ3v) is 5.86. The molecule has 0 atom stereocenters. The first-order valence-electron chi connectivity index (χ1n) is 8.77. The maximum atomic E-state index is 12.9. The molecule has 0 fully saturated rings. The second-order valence-electron chi connectivity index (χ2n) is 6.38. The minimum Gasteiger partial charge on any atom is -0.468 e. The number of nitrogens with one attached hydrogen (secondary N) is 2. The number of benzene rings is 2. The van der Waals surface area contributed by atoms with Crippen molar-refractivity contribution in [3.8, 4) is 0 Å². The summed E-state index contributed by atoms with van der Waals surface area (Å²) in [6.07, 6.45) is 1.46. The van der Waals surface area contributed by atoms with Crippen LogP contribution in [0.15, 0.2) is 76.2 Å². The topological polar surface area (TPSA) is 109 Å². The molecule has 2 amide bonds. The summed E-state index contributed by atoms with van der Waals surface area (Å²) in [5, 5.41) is 2.72. The lowest BCUT2D eigenvalue weighted by molar-refractivity contribution is -0.115. The van der Waals surface area contributed by atoms with Crippen molar-refractivity contribution in [3.05, 3.63) is 78.3 Å². The number of para-hydroxylation sites is 2. The first kappa shape index (κ1) is 18.9. The van der Waals surface area contributed by atoms with Crippen molar-refractivity contribution in [2.45, 2.75) is 11.4 Å². The van der Waals surface area contributed by atoms with Gasteiger partial charge in [0.1, 0.15) is 12.3 Å². The minimum absolute atomic E-state index is 0.0235. The fourth-order valence-electron chi connectivity index (χ4n) is 3.01. The molecule has 0 aliphatic carbocycles. The average Bonchev–Trinajstić information content (AvgIpc) is 3.25. The van der Waals surface area contributed by atoms with E-state index in [-0.39, 0.29) is 35.4 Å². The number of anilines is 2. The number of nitrogens with zero attached hydrogens (tertiary/aromatic N) is 1. The van der Waals surface area contributed by atoms with Crippen LogP contribution in [0, 0.1) is 0 Å². The van der Waals surface area contributed by atoms with E-state index in [9.17, 15) is 18.0 Å². The Balaban J connectivity index is 1.53. The highest BCUT2D eigenvalue weighted by Gasteiger charge is 2.27. The van der Waals surface area contributed by atoms with E-state index in [1.807, 2.05) is 0 Å². The lowest BCUT2D eigenvalue weighted by atomic mass is 10.1. The SMILES string of the molecule is O=C1CN(C(=O)c2ccc(S(=O)(=O)NCc3ccco3)cc2)c2ccccc2N1. The number of sulfonamides is 1. The van der Waals surface area contributed by atoms with Gasteiger partial charge in [-0.1, -0.05) is 12.1 Å². The van der Waals surface area contributed by atoms with Crippen molar-refractivity contribution in [2.24, 2.45) is 0 Å². The number of hydrogen-bond acceptors (Lipinski definition) is 5. The highest BCUT2D eigenvalue weighted by Crippen LogP contribution is 2.30. The fourth-order valence-corrected chi connectivity index (χ4v) is 4.00. The molecule has 2 aromatic carbocycles. The maximum absolute atomic E-state index is 12.9. The Hall–Kier alpha value is -3.43. The van der Waals surface area contributed by atoms with Crippen LogP contribution in [0.1, 0.15) is 16.1 Å². The van der Waals surface area contributed by atoms with Crippen LogP contribution in [0.4, 0.5) is 11.4 Å². The molecule has 0 bridgehead atoms. The monoisotopic (exact) mass is 411 g/mol. The molecule has 0 unspecified atom stereocenters. The van der Waals surface area contributed by atoms with E-state index in [2.05, 4.69) is 10.0 Å². The van der Waals surface area contributed by atoms with Crippen LogP contribution >= 0.6 is 0 Å². The van der Waals surface area contributed by atoms with Crippen molar-refractivity contribution < 1.29 is 22.4 Å². The van der Waals surface area contributed by atoms with Crippen LogP contribution in [0.25, 0.3) is 0 Å². The highest BCUT2D eigenvalue weighted by molar-refractivity contribution is 7.89. The zero-order valence-corrected chi connectivity index (χ0v) is 16.0. The summed E-state index contributed by atoms with van der Waals surface area (Å²) in [4.78, 5) is 26.2. The van der Waals surface area contributed by atoms with E-state index in [0.29, 0.717) is 17.1 Å². The zero-order valence-electron chi connectivity index (χ0n) is 15.2. The number of carbonyl (C=O) groups excluding carboxylic acids is 2. The van der Waals surface area contributed by atoms with Gasteiger partial charge in [-0.05, 0) is 48.5 Å². The smallest absolute Gasteiger partial charge is 0.258 e. The summed E-state index contributed by atoms with van der Waals surface area (Å²) < 4.78 is 32.4. The quantitative estimate of drug-likeness (QED) is 0.670. The molecule has 29 heavy (non-hydrogen) atoms. The van der Waals surface area contributed by atoms with Gasteiger partial charge < -0.3 is 9.73 Å². The van der Waals surface area contributed by atoms with E-state index >= 15 is 0 Å². The van der Waals surface area contributed by atoms with E-state index in [1.54, 1.807) is 36.4 Å². The van der Waals surface area contributed by atoms with E-state index in [1.165, 1.54) is 35.4 Å². The zero-order chi connectivity index (χ0) is 20.4. The van der Waals surface area contributed by atoms with Gasteiger partial charge in [0.25, 0.3) is 5.91 Å². The van der Waals surface area contributed by atoms with Gasteiger partial charge >= 0.3 is 0 Å². The van der Waals surface area contributed by atoms with Gasteiger partial charge in [-0.3, -0.25) is 14.5 Å². The van der Waals surface area contributed by atoms with Crippen LogP contribution in [0.2, 0.25) is 0 Å². The van der Waals surface area contributed by atoms with Gasteiger partial charge in [0.05, 0.1) is 29.1 Å². The maximum Gasteiger partial charge on any atom is 0.258 e. The summed E-state index contributed by atoms with van der Waals surface area (Å²) >= 11 is 0. The Kier molecular flexibility index (Phi) is 4.91. The third kappa shape index (κ3) is 3.91. The van der Waals surface area contributed by atoms with Gasteiger partial charge in [-0.25, -0.2) is 13.1 Å². The van der Waals surface area contributed by atoms with E-state index < -0.39 is 10.0 Å². The van der Waals surface area contributed by atoms with Crippen LogP contribution in [0.5, 0.6) is 0 Å². The summed E-state index contributed by atoms with van der Waals surface area (Å²) in [7, 11) is -3.76. The summed E-state index contributed by atoms with van der Waals surface area (Å²) in [5.41, 5.74) is 1.42. The Morgan fingerprint density at radius 3 is 2.55 bits per heavy atom. The summed E-state index contributed by atoms with van der Waals surface area (Å²) in [5.74, 6) is -0.194. The Bertz CT molecular complexity index is 1160. The molecule has 0 radical (unpaired) electrons. The number of amides is 2. The van der Waals surface area contributed by atoms with Crippen LogP contribution < -0.4 is 14.9 Å². The molecule has 9 heteroatoms. The van der Waals surface area contributed by atoms with Crippen LogP contribution in [-0.4, -0.2) is 26.8 Å². The first-order valence-corrected chi connectivity index (χ1v) is 10.3. The first-order chi connectivity index (χ1) is 13.9. The van der Waals surface area contributed by atoms with Gasteiger partial charge in [-0.15, -0.1) is 0 Å². The molecule has 2 N–H and O–H groups in total. The highest BCUT2D eigenvalue weighted by atomic mass is 32.2.